The van der Waals surface area contributed by atoms with E-state index in [-0.39, 0.29) is 43.7 Å². The molecule has 0 aliphatic rings. The van der Waals surface area contributed by atoms with Crippen LogP contribution in [0, 0.1) is 0 Å². The van der Waals surface area contributed by atoms with Crippen molar-refractivity contribution in [3.05, 3.63) is 88.5 Å². The Morgan fingerprint density at radius 3 is 1.96 bits per heavy atom. The first kappa shape index (κ1) is 37.5. The highest BCUT2D eigenvalue weighted by Gasteiger charge is 2.35. The van der Waals surface area contributed by atoms with Crippen LogP contribution in [0.2, 0.25) is 0 Å². The number of nitrogens with zero attached hydrogens (tertiary/aromatic N) is 4. The molecule has 5 N–H and O–H groups in total. The molecule has 264 valence electrons. The number of imidazole rings is 1. The monoisotopic (exact) mass is 694 g/mol. The lowest BCUT2D eigenvalue weighted by Crippen LogP contribution is -2.47. The number of nitrogens with two attached hydrogens (primary N) is 1. The van der Waals surface area contributed by atoms with Gasteiger partial charge >= 0.3 is 11.9 Å². The van der Waals surface area contributed by atoms with Crippen LogP contribution in [0.15, 0.2) is 71.8 Å². The second kappa shape index (κ2) is 18.4. The van der Waals surface area contributed by atoms with Crippen molar-refractivity contribution >= 4 is 36.5 Å². The van der Waals surface area contributed by atoms with Crippen LogP contribution in [-0.2, 0) is 43.0 Å². The van der Waals surface area contributed by atoms with Crippen LogP contribution in [0.1, 0.15) is 38.3 Å². The van der Waals surface area contributed by atoms with Gasteiger partial charge in [0.2, 0.25) is 13.4 Å². The van der Waals surface area contributed by atoms with Gasteiger partial charge in [-0.25, -0.2) is 15.2 Å². The fraction of sp³-hybridized carbons (Fsp3) is 0.441. The van der Waals surface area contributed by atoms with Gasteiger partial charge in [-0.1, -0.05) is 67.6 Å². The summed E-state index contributed by atoms with van der Waals surface area (Å²) < 4.78 is 27.6. The van der Waals surface area contributed by atoms with Gasteiger partial charge in [-0.15, -0.1) is 0 Å². The molecular weight excluding hydrogens is 647 g/mol. The molecule has 2 aromatic heterocycles. The summed E-state index contributed by atoms with van der Waals surface area (Å²) in [5, 5.41) is 6.28. The maximum atomic E-state index is 15.1. The van der Waals surface area contributed by atoms with Crippen LogP contribution < -0.4 is 21.5 Å². The summed E-state index contributed by atoms with van der Waals surface area (Å²) in [5.41, 5.74) is 7.66. The molecule has 0 aliphatic carbocycles. The Hall–Kier alpha value is -4.36. The van der Waals surface area contributed by atoms with Gasteiger partial charge in [-0.3, -0.25) is 23.9 Å². The number of hydrogen-bond acceptors (Lipinski definition) is 10. The Morgan fingerprint density at radius 2 is 1.45 bits per heavy atom. The van der Waals surface area contributed by atoms with Crippen LogP contribution in [0.25, 0.3) is 11.2 Å². The lowest BCUT2D eigenvalue weighted by Gasteiger charge is -2.31. The van der Waals surface area contributed by atoms with E-state index in [1.165, 1.54) is 0 Å². The molecule has 4 rings (SSSR count). The zero-order chi connectivity index (χ0) is 35.2. The lowest BCUT2D eigenvalue weighted by molar-refractivity contribution is -0.145. The predicted molar refractivity (Wildman–Crippen MR) is 189 cm³/mol. The van der Waals surface area contributed by atoms with E-state index >= 15 is 4.57 Å². The van der Waals surface area contributed by atoms with Gasteiger partial charge in [0, 0.05) is 25.8 Å². The summed E-state index contributed by atoms with van der Waals surface area (Å²) in [4.78, 5) is 51.9. The molecule has 0 bridgehead atoms. The van der Waals surface area contributed by atoms with Gasteiger partial charge in [0.15, 0.2) is 11.2 Å². The first-order valence-corrected chi connectivity index (χ1v) is 18.5. The number of esters is 2. The third-order valence-electron chi connectivity index (χ3n) is 7.86. The standard InChI is InChI=1S/C34H47N8O6P/c1-4-17-41(18-19-42-24-36-29-30(42)37-34(35)38-31(29)43)20-21-49(46,39-27(32(44)47-5-2)22-25-13-9-7-10-14-25)40-28(33(45)48-6-3)23-26-15-11-8-12-16-26/h7-16,24,27-28H,4-6,17-23H2,1-3H3,(H2,39,40,46)(H3,35,37,38,43)/t27-,28-/m0/s1. The maximum Gasteiger partial charge on any atom is 0.323 e. The number of hydrogen-bond donors (Lipinski definition) is 4. The average Bonchev–Trinajstić information content (AvgIpc) is 3.49. The van der Waals surface area contributed by atoms with Crippen molar-refractivity contribution in [3.63, 3.8) is 0 Å². The van der Waals surface area contributed by atoms with Gasteiger partial charge in [0.05, 0.1) is 19.5 Å². The molecule has 4 aromatic rings. The van der Waals surface area contributed by atoms with Crippen molar-refractivity contribution in [3.8, 4) is 0 Å². The van der Waals surface area contributed by atoms with Crippen molar-refractivity contribution in [1.29, 1.82) is 0 Å². The Balaban J connectivity index is 1.61. The number of nitrogen functional groups attached to an aromatic ring is 1. The van der Waals surface area contributed by atoms with E-state index in [4.69, 9.17) is 15.2 Å². The highest BCUT2D eigenvalue weighted by Crippen LogP contribution is 2.38. The summed E-state index contributed by atoms with van der Waals surface area (Å²) in [7, 11) is -3.71. The molecule has 0 amide bonds. The van der Waals surface area contributed by atoms with Crippen LogP contribution in [-0.4, -0.2) is 87.5 Å². The molecule has 14 nitrogen and oxygen atoms in total. The molecule has 49 heavy (non-hydrogen) atoms. The lowest BCUT2D eigenvalue weighted by atomic mass is 10.1. The van der Waals surface area contributed by atoms with E-state index in [0.29, 0.717) is 31.8 Å². The maximum absolute atomic E-state index is 15.1. The number of aromatic nitrogens is 4. The minimum Gasteiger partial charge on any atom is -0.465 e. The van der Waals surface area contributed by atoms with Crippen molar-refractivity contribution in [2.24, 2.45) is 0 Å². The Labute approximate surface area is 286 Å². The third-order valence-corrected chi connectivity index (χ3v) is 10.1. The molecule has 0 saturated carbocycles. The number of H-pyrrole nitrogens is 1. The molecule has 2 heterocycles. The SMILES string of the molecule is CCCN(CCn1cnc2c(=O)[nH]c(N)nc21)CCP(=O)(N[C@@H](Cc1ccccc1)C(=O)OCC)N[C@@H](Cc1ccccc1)C(=O)OCC. The number of carbonyl (C=O) groups is 2. The van der Waals surface area contributed by atoms with E-state index in [2.05, 4.69) is 30.0 Å². The fourth-order valence-electron chi connectivity index (χ4n) is 5.54. The van der Waals surface area contributed by atoms with Crippen molar-refractivity contribution in [1.82, 2.24) is 34.6 Å². The molecule has 0 saturated heterocycles. The fourth-order valence-corrected chi connectivity index (χ4v) is 7.83. The smallest absolute Gasteiger partial charge is 0.323 e. The number of carbonyl (C=O) groups excluding carboxylic acids is 2. The van der Waals surface area contributed by atoms with Crippen molar-refractivity contribution in [2.75, 3.05) is 44.7 Å². The number of anilines is 1. The van der Waals surface area contributed by atoms with Crippen LogP contribution in [0.5, 0.6) is 0 Å². The molecule has 2 aromatic carbocycles. The Morgan fingerprint density at radius 1 is 0.898 bits per heavy atom. The second-order valence-corrected chi connectivity index (χ2v) is 14.1. The molecule has 0 aliphatic heterocycles. The topological polar surface area (TPSA) is 187 Å². The summed E-state index contributed by atoms with van der Waals surface area (Å²) >= 11 is 0. The van der Waals surface area contributed by atoms with Crippen LogP contribution >= 0.6 is 7.44 Å². The molecular formula is C34H47N8O6P. The minimum atomic E-state index is -3.71. The summed E-state index contributed by atoms with van der Waals surface area (Å²) in [6.45, 7) is 7.79. The van der Waals surface area contributed by atoms with Crippen LogP contribution in [0.3, 0.4) is 0 Å². The summed E-state index contributed by atoms with van der Waals surface area (Å²) in [6, 6.07) is 16.9. The van der Waals surface area contributed by atoms with E-state index < -0.39 is 37.0 Å². The van der Waals surface area contributed by atoms with E-state index in [0.717, 1.165) is 17.5 Å². The Bertz CT molecular complexity index is 1680. The first-order valence-electron chi connectivity index (χ1n) is 16.6. The molecule has 0 unspecified atom stereocenters. The zero-order valence-electron chi connectivity index (χ0n) is 28.3. The van der Waals surface area contributed by atoms with Crippen molar-refractivity contribution < 1.29 is 23.6 Å². The summed E-state index contributed by atoms with van der Waals surface area (Å²) in [5.74, 6) is -1.08. The highest BCUT2D eigenvalue weighted by molar-refractivity contribution is 7.60. The number of ether oxygens (including phenoxy) is 2. The largest absolute Gasteiger partial charge is 0.465 e. The molecule has 2 atom stereocenters. The molecule has 0 radical (unpaired) electrons. The molecule has 0 spiro atoms. The van der Waals surface area contributed by atoms with E-state index in [1.54, 1.807) is 24.7 Å². The third kappa shape index (κ3) is 11.1. The minimum absolute atomic E-state index is 0.000986. The van der Waals surface area contributed by atoms with Gasteiger partial charge in [-0.2, -0.15) is 4.98 Å². The highest BCUT2D eigenvalue weighted by atomic mass is 31.2. The number of aromatic amines is 1. The second-order valence-electron chi connectivity index (χ2n) is 11.6. The quantitative estimate of drug-likeness (QED) is 0.0784. The number of benzene rings is 2. The zero-order valence-corrected chi connectivity index (χ0v) is 29.2. The first-order chi connectivity index (χ1) is 23.6. The number of fused-ring (bicyclic) bond motifs is 1. The van der Waals surface area contributed by atoms with Gasteiger partial charge in [-0.05, 0) is 50.8 Å². The number of rotatable bonds is 20. The van der Waals surface area contributed by atoms with Crippen LogP contribution in [0.4, 0.5) is 5.95 Å². The molecule has 0 fully saturated rings. The summed E-state index contributed by atoms with van der Waals surface area (Å²) in [6.07, 6.45) is 2.91. The average molecular weight is 695 g/mol. The van der Waals surface area contributed by atoms with Crippen molar-refractivity contribution in [2.45, 2.75) is 58.7 Å². The van der Waals surface area contributed by atoms with Gasteiger partial charge in [0.1, 0.15) is 12.1 Å². The van der Waals surface area contributed by atoms with E-state index in [1.807, 2.05) is 67.6 Å². The molecule has 15 heteroatoms. The van der Waals surface area contributed by atoms with Gasteiger partial charge in [0.25, 0.3) is 5.56 Å². The normalized spacial score (nSPS) is 13.0. The van der Waals surface area contributed by atoms with E-state index in [9.17, 15) is 14.4 Å². The predicted octanol–water partition coefficient (Wildman–Crippen LogP) is 3.13. The number of nitrogens with one attached hydrogen (secondary N) is 3. The Kier molecular flexibility index (Phi) is 14.1. The van der Waals surface area contributed by atoms with Gasteiger partial charge < -0.3 is 24.7 Å².